The first-order chi connectivity index (χ1) is 13.3. The Morgan fingerprint density at radius 1 is 1.00 bits per heavy atom. The quantitative estimate of drug-likeness (QED) is 0.307. The second-order valence-electron chi connectivity index (χ2n) is 7.09. The van der Waals surface area contributed by atoms with Gasteiger partial charge in [-0.1, -0.05) is 0 Å². The molecule has 0 spiro atoms. The summed E-state index contributed by atoms with van der Waals surface area (Å²) in [4.78, 5) is 53.2. The number of thioether (sulfide) groups is 1. The monoisotopic (exact) mass is 437 g/mol. The highest BCUT2D eigenvalue weighted by Gasteiger charge is 2.39. The van der Waals surface area contributed by atoms with E-state index in [4.69, 9.17) is 14.3 Å². The van der Waals surface area contributed by atoms with Crippen molar-refractivity contribution in [3.8, 4) is 0 Å². The number of nitrogens with one attached hydrogen (secondary N) is 2. The fraction of sp³-hybridized carbons (Fsp3) is 0.765. The SMILES string of the molecule is COC(=O)NC[C@@](C)(SC[C@H](NC(=O)OC(C)(C)C)C(=O)OC)C(=O)N(C)OC. The molecule has 11 nitrogen and oxygen atoms in total. The molecule has 0 fully saturated rings. The Balaban J connectivity index is 5.38. The average Bonchev–Trinajstić information content (AvgIpc) is 2.65. The normalized spacial score (nSPS) is 14.1. The summed E-state index contributed by atoms with van der Waals surface area (Å²) in [6.45, 7) is 6.50. The van der Waals surface area contributed by atoms with Crippen LogP contribution in [0, 0.1) is 0 Å². The first kappa shape index (κ1) is 26.8. The molecule has 168 valence electrons. The van der Waals surface area contributed by atoms with Crippen molar-refractivity contribution in [1.82, 2.24) is 15.7 Å². The van der Waals surface area contributed by atoms with Crippen LogP contribution in [-0.4, -0.2) is 86.2 Å². The van der Waals surface area contributed by atoms with Crippen molar-refractivity contribution >= 4 is 35.8 Å². The Kier molecular flexibility index (Phi) is 10.8. The lowest BCUT2D eigenvalue weighted by atomic mass is 10.1. The number of hydrogen-bond donors (Lipinski definition) is 2. The molecule has 0 aromatic carbocycles. The lowest BCUT2D eigenvalue weighted by Crippen LogP contribution is -2.52. The molecular formula is C17H31N3O8S. The minimum absolute atomic E-state index is 0.0332. The van der Waals surface area contributed by atoms with Crippen LogP contribution in [0.1, 0.15) is 27.7 Å². The molecule has 0 rings (SSSR count). The molecule has 29 heavy (non-hydrogen) atoms. The van der Waals surface area contributed by atoms with Crippen LogP contribution in [0.4, 0.5) is 9.59 Å². The van der Waals surface area contributed by atoms with Gasteiger partial charge in [0.1, 0.15) is 16.4 Å². The number of hydrogen-bond acceptors (Lipinski definition) is 9. The first-order valence-corrected chi connectivity index (χ1v) is 9.63. The van der Waals surface area contributed by atoms with Gasteiger partial charge in [0.05, 0.1) is 21.3 Å². The summed E-state index contributed by atoms with van der Waals surface area (Å²) < 4.78 is 13.2. The third kappa shape index (κ3) is 9.70. The fourth-order valence-corrected chi connectivity index (χ4v) is 3.13. The maximum Gasteiger partial charge on any atom is 0.408 e. The van der Waals surface area contributed by atoms with Crippen molar-refractivity contribution in [2.75, 3.05) is 40.7 Å². The summed E-state index contributed by atoms with van der Waals surface area (Å²) >= 11 is 1.03. The molecule has 0 radical (unpaired) electrons. The van der Waals surface area contributed by atoms with Gasteiger partial charge in [-0.15, -0.1) is 11.8 Å². The van der Waals surface area contributed by atoms with Gasteiger partial charge in [-0.3, -0.25) is 9.63 Å². The van der Waals surface area contributed by atoms with E-state index in [2.05, 4.69) is 15.4 Å². The summed E-state index contributed by atoms with van der Waals surface area (Å²) in [5.74, 6) is -1.21. The summed E-state index contributed by atoms with van der Waals surface area (Å²) in [6.07, 6.45) is -1.52. The number of ether oxygens (including phenoxy) is 3. The molecule has 0 aliphatic heterocycles. The van der Waals surface area contributed by atoms with Crippen LogP contribution in [0.3, 0.4) is 0 Å². The third-order valence-corrected chi connectivity index (χ3v) is 4.97. The average molecular weight is 438 g/mol. The lowest BCUT2D eigenvalue weighted by Gasteiger charge is -2.32. The van der Waals surface area contributed by atoms with Crippen LogP contribution in [-0.2, 0) is 28.6 Å². The number of carbonyl (C=O) groups is 4. The zero-order valence-electron chi connectivity index (χ0n) is 18.1. The summed E-state index contributed by atoms with van der Waals surface area (Å²) in [5, 5.41) is 5.89. The molecule has 0 aromatic rings. The van der Waals surface area contributed by atoms with Gasteiger partial charge in [0, 0.05) is 19.3 Å². The van der Waals surface area contributed by atoms with Crippen molar-refractivity contribution in [3.05, 3.63) is 0 Å². The number of nitrogens with zero attached hydrogens (tertiary/aromatic N) is 1. The third-order valence-electron chi connectivity index (χ3n) is 3.51. The molecular weight excluding hydrogens is 406 g/mol. The van der Waals surface area contributed by atoms with Crippen molar-refractivity contribution in [1.29, 1.82) is 0 Å². The predicted molar refractivity (Wildman–Crippen MR) is 106 cm³/mol. The number of hydroxylamine groups is 2. The Bertz CT molecular complexity index is 596. The maximum atomic E-state index is 12.7. The van der Waals surface area contributed by atoms with Gasteiger partial charge in [-0.2, -0.15) is 0 Å². The van der Waals surface area contributed by atoms with E-state index in [9.17, 15) is 19.2 Å². The molecule has 0 unspecified atom stereocenters. The molecule has 0 saturated heterocycles. The maximum absolute atomic E-state index is 12.7. The predicted octanol–water partition coefficient (Wildman–Crippen LogP) is 0.920. The van der Waals surface area contributed by atoms with E-state index < -0.39 is 40.5 Å². The fourth-order valence-electron chi connectivity index (χ4n) is 1.95. The van der Waals surface area contributed by atoms with Crippen LogP contribution in [0.25, 0.3) is 0 Å². The number of carbonyl (C=O) groups excluding carboxylic acids is 4. The number of methoxy groups -OCH3 is 2. The van der Waals surface area contributed by atoms with E-state index in [1.165, 1.54) is 28.4 Å². The van der Waals surface area contributed by atoms with Crippen LogP contribution in [0.5, 0.6) is 0 Å². The van der Waals surface area contributed by atoms with Crippen molar-refractivity contribution in [2.45, 2.75) is 44.1 Å². The Morgan fingerprint density at radius 2 is 1.59 bits per heavy atom. The molecule has 0 aliphatic carbocycles. The number of rotatable bonds is 9. The Morgan fingerprint density at radius 3 is 2.03 bits per heavy atom. The van der Waals surface area contributed by atoms with Crippen molar-refractivity contribution in [3.63, 3.8) is 0 Å². The molecule has 2 N–H and O–H groups in total. The minimum Gasteiger partial charge on any atom is -0.467 e. The highest BCUT2D eigenvalue weighted by Crippen LogP contribution is 2.28. The molecule has 0 heterocycles. The lowest BCUT2D eigenvalue weighted by molar-refractivity contribution is -0.170. The van der Waals surface area contributed by atoms with E-state index >= 15 is 0 Å². The molecule has 0 aliphatic rings. The topological polar surface area (TPSA) is 133 Å². The van der Waals surface area contributed by atoms with Gasteiger partial charge in [-0.05, 0) is 27.7 Å². The van der Waals surface area contributed by atoms with Gasteiger partial charge in [-0.25, -0.2) is 19.4 Å². The molecule has 3 amide bonds. The zero-order chi connectivity index (χ0) is 22.8. The van der Waals surface area contributed by atoms with Gasteiger partial charge < -0.3 is 24.8 Å². The van der Waals surface area contributed by atoms with E-state index in [-0.39, 0.29) is 12.3 Å². The largest absolute Gasteiger partial charge is 0.467 e. The highest BCUT2D eigenvalue weighted by atomic mass is 32.2. The summed E-state index contributed by atoms with van der Waals surface area (Å²) in [5.41, 5.74) is -0.756. The van der Waals surface area contributed by atoms with E-state index in [0.717, 1.165) is 16.8 Å². The number of esters is 1. The van der Waals surface area contributed by atoms with Gasteiger partial charge in [0.2, 0.25) is 0 Å². The van der Waals surface area contributed by atoms with Crippen molar-refractivity contribution in [2.24, 2.45) is 0 Å². The number of alkyl carbamates (subject to hydrolysis) is 2. The van der Waals surface area contributed by atoms with E-state index in [1.54, 1.807) is 27.7 Å². The second kappa shape index (κ2) is 11.7. The van der Waals surface area contributed by atoms with Crippen LogP contribution < -0.4 is 10.6 Å². The minimum atomic E-state index is -1.24. The second-order valence-corrected chi connectivity index (χ2v) is 8.62. The van der Waals surface area contributed by atoms with Crippen LogP contribution in [0.15, 0.2) is 0 Å². The molecule has 0 saturated carbocycles. The molecule has 0 aromatic heterocycles. The van der Waals surface area contributed by atoms with E-state index in [1.807, 2.05) is 0 Å². The van der Waals surface area contributed by atoms with Gasteiger partial charge in [0.15, 0.2) is 0 Å². The Labute approximate surface area is 175 Å². The molecule has 2 atom stereocenters. The highest BCUT2D eigenvalue weighted by molar-refractivity contribution is 8.01. The number of amides is 3. The smallest absolute Gasteiger partial charge is 0.408 e. The summed E-state index contributed by atoms with van der Waals surface area (Å²) in [6, 6.07) is -1.09. The van der Waals surface area contributed by atoms with Crippen LogP contribution >= 0.6 is 11.8 Å². The zero-order valence-corrected chi connectivity index (χ0v) is 18.9. The van der Waals surface area contributed by atoms with E-state index in [0.29, 0.717) is 0 Å². The summed E-state index contributed by atoms with van der Waals surface area (Å²) in [7, 11) is 5.10. The van der Waals surface area contributed by atoms with Gasteiger partial charge in [0.25, 0.3) is 5.91 Å². The van der Waals surface area contributed by atoms with Crippen molar-refractivity contribution < 1.29 is 38.2 Å². The van der Waals surface area contributed by atoms with Crippen LogP contribution in [0.2, 0.25) is 0 Å². The van der Waals surface area contributed by atoms with Gasteiger partial charge >= 0.3 is 18.2 Å². The molecule has 12 heteroatoms. The first-order valence-electron chi connectivity index (χ1n) is 8.65. The standard InChI is InChI=1S/C17H31N3O8S/c1-16(2,3)28-15(24)19-11(12(21)25-6)9-29-17(4,10-18-14(23)26-7)13(22)20(5)27-8/h11H,9-10H2,1-8H3,(H,18,23)(H,19,24)/t11-,17+/m0/s1. The molecule has 0 bridgehead atoms. The Hall–Kier alpha value is -2.21.